The van der Waals surface area contributed by atoms with E-state index in [1.165, 1.54) is 35.4 Å². The van der Waals surface area contributed by atoms with Gasteiger partial charge in [-0.2, -0.15) is 16.8 Å². The number of fused-ring (bicyclic) bond motifs is 3. The van der Waals surface area contributed by atoms with Crippen LogP contribution in [0.3, 0.4) is 0 Å². The summed E-state index contributed by atoms with van der Waals surface area (Å²) in [5, 5.41) is 0. The van der Waals surface area contributed by atoms with Crippen LogP contribution in [0.15, 0.2) is 70.5 Å². The van der Waals surface area contributed by atoms with E-state index in [9.17, 15) is 21.6 Å². The first-order valence-electron chi connectivity index (χ1n) is 17.3. The molecule has 53 heavy (non-hydrogen) atoms. The molecule has 13 nitrogen and oxygen atoms in total. The Balaban J connectivity index is 0.000000345. The van der Waals surface area contributed by atoms with E-state index >= 15 is 0 Å². The van der Waals surface area contributed by atoms with Crippen LogP contribution in [0.1, 0.15) is 68.8 Å². The molecule has 0 bridgehead atoms. The predicted molar refractivity (Wildman–Crippen MR) is 203 cm³/mol. The molecule has 2 heterocycles. The zero-order chi connectivity index (χ0) is 39.0. The molecule has 2 aliphatic rings. The quantitative estimate of drug-likeness (QED) is 0.188. The molecule has 296 valence electrons. The number of carbonyl (C=O) groups is 1. The Morgan fingerprint density at radius 3 is 1.74 bits per heavy atom. The number of hydrogen-bond donors (Lipinski definition) is 3. The van der Waals surface area contributed by atoms with Crippen LogP contribution >= 0.6 is 0 Å². The normalized spacial score (nSPS) is 18.8. The number of carbonyl (C=O) groups excluding carboxylic acids is 1. The summed E-state index contributed by atoms with van der Waals surface area (Å²) >= 11 is 0. The van der Waals surface area contributed by atoms with Crippen LogP contribution in [-0.2, 0) is 36.2 Å². The topological polar surface area (TPSA) is 214 Å². The van der Waals surface area contributed by atoms with Crippen molar-refractivity contribution in [1.82, 2.24) is 4.90 Å². The SMILES string of the molecule is COc1cc2c(cc1OC)[C@H]1C[C@@H](OC(=O)[C@@H](N)C(C)C)[C@H](CC(C)C)CN1CC2.Cc1ccc(S(=O)(=O)O)cc1.Cc1ccc(S(=O)(=O)O)cc1.O. The highest BCUT2D eigenvalue weighted by atomic mass is 32.2. The maximum atomic E-state index is 12.7. The molecule has 1 fully saturated rings. The minimum absolute atomic E-state index is 0. The lowest BCUT2D eigenvalue weighted by Gasteiger charge is -2.47. The zero-order valence-electron chi connectivity index (χ0n) is 31.8. The molecule has 1 saturated heterocycles. The lowest BCUT2D eigenvalue weighted by atomic mass is 9.79. The van der Waals surface area contributed by atoms with Gasteiger partial charge in [0.2, 0.25) is 0 Å². The maximum Gasteiger partial charge on any atom is 0.323 e. The number of methoxy groups -OCH3 is 2. The number of benzene rings is 3. The molecule has 0 radical (unpaired) electrons. The van der Waals surface area contributed by atoms with Crippen LogP contribution in [-0.4, -0.2) is 81.7 Å². The molecule has 6 N–H and O–H groups in total. The second-order valence-corrected chi connectivity index (χ2v) is 17.0. The molecule has 2 aliphatic heterocycles. The summed E-state index contributed by atoms with van der Waals surface area (Å²) in [6.45, 7) is 14.0. The van der Waals surface area contributed by atoms with E-state index in [2.05, 4.69) is 30.9 Å². The molecule has 3 aromatic carbocycles. The molecule has 15 heteroatoms. The summed E-state index contributed by atoms with van der Waals surface area (Å²) in [4.78, 5) is 15.1. The summed E-state index contributed by atoms with van der Waals surface area (Å²) in [5.41, 5.74) is 10.6. The van der Waals surface area contributed by atoms with Crippen LogP contribution in [0, 0.1) is 31.6 Å². The molecular weight excluding hydrogens is 725 g/mol. The summed E-state index contributed by atoms with van der Waals surface area (Å²) in [6.07, 6.45) is 2.70. The van der Waals surface area contributed by atoms with Gasteiger partial charge in [-0.05, 0) is 86.1 Å². The van der Waals surface area contributed by atoms with Gasteiger partial charge in [0.05, 0.1) is 24.0 Å². The first kappa shape index (κ1) is 45.6. The Morgan fingerprint density at radius 1 is 0.849 bits per heavy atom. The van der Waals surface area contributed by atoms with E-state index in [-0.39, 0.29) is 39.3 Å². The minimum Gasteiger partial charge on any atom is -0.493 e. The monoisotopic (exact) mass is 780 g/mol. The van der Waals surface area contributed by atoms with Gasteiger partial charge in [0.1, 0.15) is 12.1 Å². The Kier molecular flexibility index (Phi) is 16.9. The fourth-order valence-electron chi connectivity index (χ4n) is 6.30. The summed E-state index contributed by atoms with van der Waals surface area (Å²) < 4.78 is 76.2. The number of hydrogen-bond acceptors (Lipinski definition) is 10. The Bertz CT molecular complexity index is 1770. The van der Waals surface area contributed by atoms with Gasteiger partial charge in [-0.3, -0.25) is 18.8 Å². The van der Waals surface area contributed by atoms with Crippen molar-refractivity contribution in [3.05, 3.63) is 82.9 Å². The van der Waals surface area contributed by atoms with Crippen molar-refractivity contribution in [3.8, 4) is 11.5 Å². The number of piperidine rings is 1. The highest BCUT2D eigenvalue weighted by Crippen LogP contribution is 2.44. The Hall–Kier alpha value is -3.57. The lowest BCUT2D eigenvalue weighted by Crippen LogP contribution is -2.51. The number of ether oxygens (including phenoxy) is 3. The first-order chi connectivity index (χ1) is 24.2. The van der Waals surface area contributed by atoms with Gasteiger partial charge in [-0.1, -0.05) is 63.1 Å². The molecule has 0 saturated carbocycles. The summed E-state index contributed by atoms with van der Waals surface area (Å²) in [7, 11) is -4.70. The smallest absolute Gasteiger partial charge is 0.323 e. The van der Waals surface area contributed by atoms with E-state index in [0.717, 1.165) is 55.0 Å². The van der Waals surface area contributed by atoms with Gasteiger partial charge in [0.25, 0.3) is 20.2 Å². The van der Waals surface area contributed by atoms with Gasteiger partial charge in [0, 0.05) is 31.5 Å². The molecule has 0 spiro atoms. The number of esters is 1. The molecule has 3 aromatic rings. The van der Waals surface area contributed by atoms with E-state index in [1.54, 1.807) is 38.5 Å². The Labute approximate surface area is 314 Å². The number of nitrogens with two attached hydrogens (primary N) is 1. The maximum absolute atomic E-state index is 12.7. The van der Waals surface area contributed by atoms with Crippen molar-refractivity contribution in [2.45, 2.75) is 88.8 Å². The van der Waals surface area contributed by atoms with Crippen molar-refractivity contribution in [3.63, 3.8) is 0 Å². The second kappa shape index (κ2) is 19.7. The summed E-state index contributed by atoms with van der Waals surface area (Å²) in [6, 6.07) is 15.8. The van der Waals surface area contributed by atoms with Crippen molar-refractivity contribution in [2.24, 2.45) is 23.5 Å². The van der Waals surface area contributed by atoms with E-state index in [4.69, 9.17) is 29.0 Å². The highest BCUT2D eigenvalue weighted by Gasteiger charge is 2.41. The van der Waals surface area contributed by atoms with Gasteiger partial charge in [-0.25, -0.2) is 0 Å². The summed E-state index contributed by atoms with van der Waals surface area (Å²) in [5.74, 6) is 2.18. The average Bonchev–Trinajstić information content (AvgIpc) is 3.07. The Morgan fingerprint density at radius 2 is 1.32 bits per heavy atom. The van der Waals surface area contributed by atoms with Gasteiger partial charge in [0.15, 0.2) is 11.5 Å². The molecule has 0 amide bonds. The van der Waals surface area contributed by atoms with Crippen LogP contribution in [0.2, 0.25) is 0 Å². The van der Waals surface area contributed by atoms with Crippen molar-refractivity contribution in [1.29, 1.82) is 0 Å². The van der Waals surface area contributed by atoms with E-state index < -0.39 is 26.3 Å². The van der Waals surface area contributed by atoms with E-state index in [0.29, 0.717) is 11.8 Å². The largest absolute Gasteiger partial charge is 0.493 e. The van der Waals surface area contributed by atoms with Crippen molar-refractivity contribution >= 4 is 26.2 Å². The highest BCUT2D eigenvalue weighted by molar-refractivity contribution is 7.86. The van der Waals surface area contributed by atoms with Crippen LogP contribution < -0.4 is 15.2 Å². The molecule has 5 rings (SSSR count). The van der Waals surface area contributed by atoms with Gasteiger partial charge < -0.3 is 25.4 Å². The molecule has 0 unspecified atom stereocenters. The van der Waals surface area contributed by atoms with Crippen molar-refractivity contribution in [2.75, 3.05) is 27.3 Å². The third-order valence-electron chi connectivity index (χ3n) is 9.23. The third-order valence-corrected chi connectivity index (χ3v) is 11.0. The fourth-order valence-corrected chi connectivity index (χ4v) is 7.26. The van der Waals surface area contributed by atoms with Crippen LogP contribution in [0.25, 0.3) is 0 Å². The molecule has 0 aromatic heterocycles. The number of nitrogens with zero attached hydrogens (tertiary/aromatic N) is 1. The lowest BCUT2D eigenvalue weighted by molar-refractivity contribution is -0.160. The average molecular weight is 781 g/mol. The molecule has 0 aliphatic carbocycles. The number of aryl methyl sites for hydroxylation is 2. The molecular formula is C38H56N2O11S2. The van der Waals surface area contributed by atoms with Crippen LogP contribution in [0.5, 0.6) is 11.5 Å². The first-order valence-corrected chi connectivity index (χ1v) is 20.2. The zero-order valence-corrected chi connectivity index (χ0v) is 33.4. The van der Waals surface area contributed by atoms with Crippen molar-refractivity contribution < 1.29 is 50.4 Å². The standard InChI is InChI=1S/C24H38N2O4.2C7H8O3S.H2O/c1-14(2)9-17-13-26-8-7-16-10-21(28-5)22(29-6)11-18(16)19(26)12-20(17)30-24(27)23(25)15(3)4;2*1-6-2-4-7(5-3-6)11(8,9)10;/h10-11,14-15,17,19-20,23H,7-9,12-13,25H2,1-6H3;2*2-5H,1H3,(H,8,9,10);1H2/t17-,19-,20-,23+;;;/m1.../s1. The predicted octanol–water partition coefficient (Wildman–Crippen LogP) is 5.22. The molecule has 4 atom stereocenters. The minimum atomic E-state index is -4.02. The number of rotatable bonds is 9. The van der Waals surface area contributed by atoms with Gasteiger partial charge >= 0.3 is 5.97 Å². The second-order valence-electron chi connectivity index (χ2n) is 14.1. The fraction of sp³-hybridized carbons (Fsp3) is 0.500. The third kappa shape index (κ3) is 13.1. The van der Waals surface area contributed by atoms with Gasteiger partial charge in [-0.15, -0.1) is 0 Å². The van der Waals surface area contributed by atoms with E-state index in [1.807, 2.05) is 27.7 Å². The van der Waals surface area contributed by atoms with Crippen LogP contribution in [0.4, 0.5) is 0 Å².